The van der Waals surface area contributed by atoms with Gasteiger partial charge in [-0.15, -0.1) is 0 Å². The van der Waals surface area contributed by atoms with Crippen LogP contribution in [0, 0.1) is 17.8 Å². The van der Waals surface area contributed by atoms with Crippen molar-refractivity contribution >= 4 is 5.57 Å². The van der Waals surface area contributed by atoms with Crippen LogP contribution >= 0.6 is 0 Å². The number of aromatic nitrogens is 1. The van der Waals surface area contributed by atoms with Crippen LogP contribution in [0.2, 0.25) is 0 Å². The first-order valence-electron chi connectivity index (χ1n) is 5.37. The summed E-state index contributed by atoms with van der Waals surface area (Å²) in [7, 11) is 0. The molecule has 3 heteroatoms. The Bertz CT molecular complexity index is 397. The lowest BCUT2D eigenvalue weighted by Gasteiger charge is -2.12. The van der Waals surface area contributed by atoms with Crippen LogP contribution in [-0.2, 0) is 0 Å². The third kappa shape index (κ3) is 1.47. The summed E-state index contributed by atoms with van der Waals surface area (Å²) < 4.78 is 12.7. The van der Waals surface area contributed by atoms with Gasteiger partial charge in [-0.1, -0.05) is 6.08 Å². The number of hydrogen-bond donors (Lipinski definition) is 1. The standard InChI is InChI=1S/C12H13FN2/c13-12-4-2-9(6-15-12)10-3-1-8-5-14-7-11(8)10/h2-4,6,8,11,14H,1,5,7H2/t8-,11+/m1/s1. The SMILES string of the molecule is Fc1ccc(C2=CC[C@@H]3CNC[C@H]23)cn1. The first kappa shape index (κ1) is 9.04. The number of fused-ring (bicyclic) bond motifs is 1. The fourth-order valence-corrected chi connectivity index (χ4v) is 2.65. The maximum Gasteiger partial charge on any atom is 0.212 e. The minimum Gasteiger partial charge on any atom is -0.316 e. The van der Waals surface area contributed by atoms with Gasteiger partial charge in [-0.2, -0.15) is 4.39 Å². The van der Waals surface area contributed by atoms with Gasteiger partial charge in [0.05, 0.1) is 0 Å². The van der Waals surface area contributed by atoms with Gasteiger partial charge >= 0.3 is 0 Å². The van der Waals surface area contributed by atoms with Gasteiger partial charge in [-0.25, -0.2) is 4.98 Å². The van der Waals surface area contributed by atoms with E-state index in [4.69, 9.17) is 0 Å². The van der Waals surface area contributed by atoms with E-state index >= 15 is 0 Å². The third-order valence-electron chi connectivity index (χ3n) is 3.44. The van der Waals surface area contributed by atoms with E-state index in [2.05, 4.69) is 16.4 Å². The van der Waals surface area contributed by atoms with Gasteiger partial charge < -0.3 is 5.32 Å². The molecule has 2 heterocycles. The second-order valence-corrected chi connectivity index (χ2v) is 4.29. The smallest absolute Gasteiger partial charge is 0.212 e. The summed E-state index contributed by atoms with van der Waals surface area (Å²) in [5.74, 6) is 0.945. The summed E-state index contributed by atoms with van der Waals surface area (Å²) in [5, 5.41) is 3.40. The van der Waals surface area contributed by atoms with E-state index in [1.807, 2.05) is 6.07 Å². The molecule has 2 nitrogen and oxygen atoms in total. The second kappa shape index (κ2) is 3.42. The Morgan fingerprint density at radius 1 is 1.33 bits per heavy atom. The van der Waals surface area contributed by atoms with Crippen LogP contribution in [0.15, 0.2) is 24.4 Å². The molecule has 0 radical (unpaired) electrons. The molecule has 0 aromatic carbocycles. The summed E-state index contributed by atoms with van der Waals surface area (Å²) in [4.78, 5) is 3.71. The molecule has 15 heavy (non-hydrogen) atoms. The second-order valence-electron chi connectivity index (χ2n) is 4.29. The molecule has 1 saturated heterocycles. The number of pyridine rings is 1. The normalized spacial score (nSPS) is 29.0. The zero-order valence-electron chi connectivity index (χ0n) is 8.41. The van der Waals surface area contributed by atoms with Crippen molar-refractivity contribution in [3.8, 4) is 0 Å². The molecule has 0 amide bonds. The highest BCUT2D eigenvalue weighted by atomic mass is 19.1. The molecule has 1 fully saturated rings. The molecule has 1 aromatic heterocycles. The minimum absolute atomic E-state index is 0.404. The monoisotopic (exact) mass is 204 g/mol. The molecular weight excluding hydrogens is 191 g/mol. The topological polar surface area (TPSA) is 24.9 Å². The number of nitrogens with one attached hydrogen (secondary N) is 1. The molecule has 1 N–H and O–H groups in total. The summed E-state index contributed by atoms with van der Waals surface area (Å²) >= 11 is 0. The zero-order valence-corrected chi connectivity index (χ0v) is 8.41. The van der Waals surface area contributed by atoms with Crippen molar-refractivity contribution in [3.05, 3.63) is 35.9 Å². The Morgan fingerprint density at radius 2 is 2.27 bits per heavy atom. The van der Waals surface area contributed by atoms with Gasteiger partial charge in [-0.3, -0.25) is 0 Å². The average Bonchev–Trinajstić information content (AvgIpc) is 2.80. The fourth-order valence-electron chi connectivity index (χ4n) is 2.65. The molecule has 0 bridgehead atoms. The molecule has 1 aromatic rings. The zero-order chi connectivity index (χ0) is 10.3. The van der Waals surface area contributed by atoms with E-state index in [0.29, 0.717) is 5.92 Å². The van der Waals surface area contributed by atoms with Crippen LogP contribution in [0.25, 0.3) is 5.57 Å². The van der Waals surface area contributed by atoms with Crippen molar-refractivity contribution in [2.45, 2.75) is 6.42 Å². The van der Waals surface area contributed by atoms with Crippen LogP contribution in [0.3, 0.4) is 0 Å². The Labute approximate surface area is 88.2 Å². The van der Waals surface area contributed by atoms with Gasteiger partial charge in [-0.05, 0) is 42.2 Å². The van der Waals surface area contributed by atoms with Crippen molar-refractivity contribution in [1.29, 1.82) is 0 Å². The lowest BCUT2D eigenvalue weighted by molar-refractivity contribution is 0.541. The number of rotatable bonds is 1. The van der Waals surface area contributed by atoms with Crippen molar-refractivity contribution in [3.63, 3.8) is 0 Å². The highest BCUT2D eigenvalue weighted by molar-refractivity contribution is 5.69. The Morgan fingerprint density at radius 3 is 3.07 bits per heavy atom. The summed E-state index contributed by atoms with van der Waals surface area (Å²) in [6.07, 6.45) is 5.07. The molecule has 1 aliphatic heterocycles. The van der Waals surface area contributed by atoms with Crippen LogP contribution in [-0.4, -0.2) is 18.1 Å². The summed E-state index contributed by atoms with van der Waals surface area (Å²) in [6, 6.07) is 3.26. The van der Waals surface area contributed by atoms with Crippen molar-refractivity contribution < 1.29 is 4.39 Å². The number of halogens is 1. The Kier molecular flexibility index (Phi) is 2.06. The van der Waals surface area contributed by atoms with E-state index in [9.17, 15) is 4.39 Å². The van der Waals surface area contributed by atoms with Crippen LogP contribution < -0.4 is 5.32 Å². The molecule has 2 aliphatic rings. The molecule has 3 rings (SSSR count). The molecule has 1 aliphatic carbocycles. The quantitative estimate of drug-likeness (QED) is 0.706. The van der Waals surface area contributed by atoms with Crippen molar-refractivity contribution in [1.82, 2.24) is 10.3 Å². The molecule has 2 atom stereocenters. The predicted octanol–water partition coefficient (Wildman–Crippen LogP) is 1.84. The van der Waals surface area contributed by atoms with Crippen LogP contribution in [0.5, 0.6) is 0 Å². The highest BCUT2D eigenvalue weighted by Crippen LogP contribution is 2.39. The first-order valence-corrected chi connectivity index (χ1v) is 5.37. The molecule has 0 saturated carbocycles. The lowest BCUT2D eigenvalue weighted by Crippen LogP contribution is -2.10. The largest absolute Gasteiger partial charge is 0.316 e. The highest BCUT2D eigenvalue weighted by Gasteiger charge is 2.34. The maximum atomic E-state index is 12.7. The van der Waals surface area contributed by atoms with E-state index in [1.54, 1.807) is 6.20 Å². The van der Waals surface area contributed by atoms with Crippen LogP contribution in [0.1, 0.15) is 12.0 Å². The molecule has 0 spiro atoms. The predicted molar refractivity (Wildman–Crippen MR) is 56.6 cm³/mol. The van der Waals surface area contributed by atoms with Crippen molar-refractivity contribution in [2.75, 3.05) is 13.1 Å². The van der Waals surface area contributed by atoms with Gasteiger partial charge in [0.2, 0.25) is 5.95 Å². The van der Waals surface area contributed by atoms with Gasteiger partial charge in [0.25, 0.3) is 0 Å². The van der Waals surface area contributed by atoms with Crippen LogP contribution in [0.4, 0.5) is 4.39 Å². The molecular formula is C12H13FN2. The van der Waals surface area contributed by atoms with E-state index < -0.39 is 5.95 Å². The van der Waals surface area contributed by atoms with Gasteiger partial charge in [0.1, 0.15) is 0 Å². The fraction of sp³-hybridized carbons (Fsp3) is 0.417. The summed E-state index contributed by atoms with van der Waals surface area (Å²) in [6.45, 7) is 2.16. The maximum absolute atomic E-state index is 12.7. The van der Waals surface area contributed by atoms with E-state index in [-0.39, 0.29) is 0 Å². The average molecular weight is 204 g/mol. The Hall–Kier alpha value is -1.22. The first-order chi connectivity index (χ1) is 7.34. The molecule has 78 valence electrons. The van der Waals surface area contributed by atoms with E-state index in [1.165, 1.54) is 11.6 Å². The van der Waals surface area contributed by atoms with Crippen molar-refractivity contribution in [2.24, 2.45) is 11.8 Å². The third-order valence-corrected chi connectivity index (χ3v) is 3.44. The Balaban J connectivity index is 1.91. The number of hydrogen-bond acceptors (Lipinski definition) is 2. The van der Waals surface area contributed by atoms with Gasteiger partial charge in [0.15, 0.2) is 0 Å². The minimum atomic E-state index is -0.404. The molecule has 0 unspecified atom stereocenters. The lowest BCUT2D eigenvalue weighted by atomic mass is 9.91. The van der Waals surface area contributed by atoms with E-state index in [0.717, 1.165) is 31.0 Å². The summed E-state index contributed by atoms with van der Waals surface area (Å²) in [5.41, 5.74) is 2.42. The number of allylic oxidation sites excluding steroid dienone is 1. The number of nitrogens with zero attached hydrogens (tertiary/aromatic N) is 1. The van der Waals surface area contributed by atoms with Gasteiger partial charge in [0, 0.05) is 18.7 Å².